The topological polar surface area (TPSA) is 52.0 Å². The van der Waals surface area contributed by atoms with E-state index >= 15 is 0 Å². The Morgan fingerprint density at radius 3 is 0.926 bits per heavy atom. The van der Waals surface area contributed by atoms with Gasteiger partial charge < -0.3 is 5.40 Å². The van der Waals surface area contributed by atoms with Gasteiger partial charge in [0, 0.05) is 0 Å². The zero-order valence-electron chi connectivity index (χ0n) is 19.5. The quantitative estimate of drug-likeness (QED) is 0.233. The fourth-order valence-electron chi connectivity index (χ4n) is 2.14. The van der Waals surface area contributed by atoms with Crippen molar-refractivity contribution < 1.29 is 0 Å². The van der Waals surface area contributed by atoms with Crippen molar-refractivity contribution >= 4 is 48.9 Å². The summed E-state index contributed by atoms with van der Waals surface area (Å²) in [5, 5.41) is 9.91. The number of nitrogens with two attached hydrogens (primary N) is 2. The highest BCUT2D eigenvalue weighted by atomic mass is 35.7. The van der Waals surface area contributed by atoms with Gasteiger partial charge in [-0.05, 0) is 42.0 Å². The summed E-state index contributed by atoms with van der Waals surface area (Å²) in [6.07, 6.45) is 10.8. The summed E-state index contributed by atoms with van der Waals surface area (Å²) in [6, 6.07) is 6.33. The molecule has 0 radical (unpaired) electrons. The van der Waals surface area contributed by atoms with Crippen LogP contribution in [0, 0.1) is 0 Å². The van der Waals surface area contributed by atoms with Gasteiger partial charge in [-0.25, -0.2) is 5.25 Å². The van der Waals surface area contributed by atoms with E-state index in [9.17, 15) is 0 Å². The lowest BCUT2D eigenvalue weighted by Crippen LogP contribution is -2.50. The average Bonchev–Trinajstić information content (AvgIpc) is 2.65. The molecule has 2 heterocycles. The van der Waals surface area contributed by atoms with Gasteiger partial charge in [-0.2, -0.15) is 0 Å². The molecule has 0 aliphatic carbocycles. The predicted molar refractivity (Wildman–Crippen MR) is 138 cm³/mol. The van der Waals surface area contributed by atoms with E-state index in [4.69, 9.17) is 27.6 Å². The van der Waals surface area contributed by atoms with Crippen LogP contribution in [0.4, 0.5) is 0 Å². The first-order chi connectivity index (χ1) is 12.8. The second-order valence-corrected chi connectivity index (χ2v) is 19.1. The number of halogens is 3. The molecule has 0 aromatic carbocycles. The second kappa shape index (κ2) is 27.2. The number of unbranched alkanes of at least 4 members (excludes halogenated alkanes) is 4. The monoisotopic (exact) mass is 480 g/mol. The molecule has 2 nitrogen and oxygen atoms in total. The zero-order chi connectivity index (χ0) is 22.2. The van der Waals surface area contributed by atoms with Crippen LogP contribution in [-0.2, 0) is 0 Å². The molecule has 0 aromatic heterocycles. The first-order valence-corrected chi connectivity index (χ1v) is 18.8. The highest BCUT2D eigenvalue weighted by Gasteiger charge is 2.35. The minimum atomic E-state index is -1.51. The van der Waals surface area contributed by atoms with Crippen LogP contribution in [0.15, 0.2) is 0 Å². The van der Waals surface area contributed by atoms with E-state index in [0.717, 1.165) is 12.1 Å². The Labute approximate surface area is 189 Å². The van der Waals surface area contributed by atoms with Crippen molar-refractivity contribution in [2.45, 2.75) is 130 Å². The van der Waals surface area contributed by atoms with Crippen LogP contribution in [-0.4, -0.2) is 14.9 Å². The van der Waals surface area contributed by atoms with Gasteiger partial charge in [-0.15, -0.1) is 22.2 Å². The molecule has 2 aliphatic heterocycles. The van der Waals surface area contributed by atoms with Crippen molar-refractivity contribution in [3.05, 3.63) is 0 Å². The number of hydrogen-bond donors (Lipinski definition) is 2. The average molecular weight is 482 g/mol. The predicted octanol–water partition coefficient (Wildman–Crippen LogP) is 9.14. The van der Waals surface area contributed by atoms with Gasteiger partial charge in [0.15, 0.2) is 0 Å². The molecule has 0 aromatic rings. The molecule has 170 valence electrons. The van der Waals surface area contributed by atoms with Crippen molar-refractivity contribution in [3.8, 4) is 0 Å². The van der Waals surface area contributed by atoms with Crippen molar-refractivity contribution in [1.29, 1.82) is 0 Å². The normalized spacial score (nSPS) is 16.9. The Morgan fingerprint density at radius 2 is 0.926 bits per heavy atom. The van der Waals surface area contributed by atoms with Crippen LogP contribution >= 0.6 is 33.9 Å². The molecule has 0 atom stereocenters. The highest BCUT2D eigenvalue weighted by Crippen LogP contribution is 2.38. The van der Waals surface area contributed by atoms with Crippen LogP contribution in [0.1, 0.15) is 99.8 Å². The minimum absolute atomic E-state index is 0.971. The van der Waals surface area contributed by atoms with E-state index < -0.39 is 14.9 Å². The summed E-state index contributed by atoms with van der Waals surface area (Å²) < 4.78 is 0. The zero-order valence-corrected chi connectivity index (χ0v) is 23.7. The molecule has 0 amide bonds. The van der Waals surface area contributed by atoms with E-state index in [-0.39, 0.29) is 0 Å². The van der Waals surface area contributed by atoms with E-state index in [1.54, 1.807) is 0 Å². The van der Waals surface area contributed by atoms with Crippen molar-refractivity contribution in [2.24, 2.45) is 10.7 Å². The molecule has 2 rings (SSSR count). The maximum Gasteiger partial charge on any atom is 0.251 e. The molecule has 0 spiro atoms. The molecule has 0 saturated carbocycles. The minimum Gasteiger partial charge on any atom is -0.351 e. The Hall–Kier alpha value is 1.22. The van der Waals surface area contributed by atoms with Gasteiger partial charge in [0.25, 0.3) is 6.69 Å². The fraction of sp³-hybridized carbons (Fsp3) is 1.00. The molecule has 4 N–H and O–H groups in total. The Morgan fingerprint density at radius 1 is 0.667 bits per heavy atom. The number of rotatable bonds is 5. The Bertz CT molecular complexity index is 234. The van der Waals surface area contributed by atoms with E-state index in [0.29, 0.717) is 0 Å². The van der Waals surface area contributed by atoms with Crippen LogP contribution < -0.4 is 10.7 Å². The summed E-state index contributed by atoms with van der Waals surface area (Å²) in [4.78, 5) is 0. The highest BCUT2D eigenvalue weighted by molar-refractivity contribution is 7.46. The van der Waals surface area contributed by atoms with Gasteiger partial charge in [0.1, 0.15) is 8.24 Å². The van der Waals surface area contributed by atoms with Gasteiger partial charge in [-0.1, -0.05) is 99.8 Å². The largest absolute Gasteiger partial charge is 0.351 e. The van der Waals surface area contributed by atoms with Crippen molar-refractivity contribution in [3.63, 3.8) is 0 Å². The van der Waals surface area contributed by atoms with E-state index in [1.807, 2.05) is 13.8 Å². The third-order valence-corrected chi connectivity index (χ3v) is 13.1. The molecule has 27 heavy (non-hydrogen) atoms. The smallest absolute Gasteiger partial charge is 0.251 e. The molecule has 2 aliphatic rings. The lowest BCUT2D eigenvalue weighted by Gasteiger charge is -2.33. The summed E-state index contributed by atoms with van der Waals surface area (Å²) in [5.74, 6) is 0. The standard InChI is InChI=1S/C5H13NSi.2C5H12.C3H6Cl2Si.C2H6.ClH2N/c1-2-7(6)4-3-5-7;2*1-3-5-4-2;4-6(5)2-1-3-6;2*1-2/h2-6H2,1H3;2*3-5H2,1-2H3;1-3H2;1-2H3;2H2. The third-order valence-electron chi connectivity index (χ3n) is 4.55. The summed E-state index contributed by atoms with van der Waals surface area (Å²) in [7, 11) is -0.971. The molecular formula is C20H51Cl3N2Si2. The molecule has 0 bridgehead atoms. The lowest BCUT2D eigenvalue weighted by molar-refractivity contribution is 0.772. The third kappa shape index (κ3) is 29.5. The van der Waals surface area contributed by atoms with Gasteiger partial charge in [0.05, 0.1) is 0 Å². The maximum atomic E-state index is 5.94. The van der Waals surface area contributed by atoms with Crippen LogP contribution in [0.3, 0.4) is 0 Å². The summed E-state index contributed by atoms with van der Waals surface area (Å²) in [6.45, 7) is 13.6. The second-order valence-electron chi connectivity index (χ2n) is 6.99. The van der Waals surface area contributed by atoms with E-state index in [2.05, 4.69) is 51.6 Å². The maximum absolute atomic E-state index is 5.94. The summed E-state index contributed by atoms with van der Waals surface area (Å²) in [5.41, 5.74) is 0. The van der Waals surface area contributed by atoms with Gasteiger partial charge in [0.2, 0.25) is 0 Å². The first-order valence-electron chi connectivity index (χ1n) is 11.2. The van der Waals surface area contributed by atoms with Crippen LogP contribution in [0.2, 0.25) is 30.2 Å². The SMILES string of the molecule is CC.CCCCC.CCCCC.CC[Si]1(N)CCC1.Cl[Si]1(Cl)CCC1.NCl. The lowest BCUT2D eigenvalue weighted by atomic mass is 10.3. The fourth-order valence-corrected chi connectivity index (χ4v) is 6.60. The van der Waals surface area contributed by atoms with E-state index in [1.165, 1.54) is 69.5 Å². The Kier molecular flexibility index (Phi) is 35.9. The van der Waals surface area contributed by atoms with Crippen LogP contribution in [0.5, 0.6) is 0 Å². The number of hydrogen-bond acceptors (Lipinski definition) is 2. The van der Waals surface area contributed by atoms with Gasteiger partial charge in [-0.3, -0.25) is 0 Å². The first kappa shape index (κ1) is 35.6. The molecule has 7 heteroatoms. The van der Waals surface area contributed by atoms with Gasteiger partial charge >= 0.3 is 0 Å². The molecule has 0 unspecified atom stereocenters. The Balaban J connectivity index is -0.000000124. The molecule has 2 saturated heterocycles. The molecule has 2 fully saturated rings. The van der Waals surface area contributed by atoms with Crippen LogP contribution in [0.25, 0.3) is 0 Å². The van der Waals surface area contributed by atoms with Crippen molar-refractivity contribution in [2.75, 3.05) is 0 Å². The summed E-state index contributed by atoms with van der Waals surface area (Å²) >= 11 is 15.6. The van der Waals surface area contributed by atoms with Crippen molar-refractivity contribution in [1.82, 2.24) is 0 Å². The molecular weight excluding hydrogens is 431 g/mol.